The summed E-state index contributed by atoms with van der Waals surface area (Å²) in [6, 6.07) is 11.5. The first kappa shape index (κ1) is 25.2. The van der Waals surface area contributed by atoms with Gasteiger partial charge in [0.2, 0.25) is 5.91 Å². The summed E-state index contributed by atoms with van der Waals surface area (Å²) in [6.45, 7) is 5.89. The average Bonchev–Trinajstić information content (AvgIpc) is 3.08. The van der Waals surface area contributed by atoms with E-state index < -0.39 is 29.9 Å². The van der Waals surface area contributed by atoms with Crippen molar-refractivity contribution in [1.82, 2.24) is 20.0 Å². The van der Waals surface area contributed by atoms with E-state index in [0.717, 1.165) is 23.6 Å². The first-order valence-electron chi connectivity index (χ1n) is 11.8. The number of hydrogen-bond acceptors (Lipinski definition) is 6. The molecule has 0 aromatic heterocycles. The predicted octanol–water partition coefficient (Wildman–Crippen LogP) is 1.80. The second kappa shape index (κ2) is 9.98. The van der Waals surface area contributed by atoms with Gasteiger partial charge in [-0.05, 0) is 44.7 Å². The zero-order valence-corrected chi connectivity index (χ0v) is 21.0. The molecular weight excluding hydrogens is 462 g/mol. The highest BCUT2D eigenvalue weighted by molar-refractivity contribution is 6.10. The van der Waals surface area contributed by atoms with Gasteiger partial charge in [-0.3, -0.25) is 19.3 Å². The molecule has 1 unspecified atom stereocenters. The number of nitrogens with one attached hydrogen (secondary N) is 2. The van der Waals surface area contributed by atoms with Crippen LogP contribution in [0.4, 0.5) is 10.5 Å². The van der Waals surface area contributed by atoms with E-state index in [4.69, 9.17) is 4.74 Å². The van der Waals surface area contributed by atoms with E-state index in [1.165, 1.54) is 7.11 Å². The van der Waals surface area contributed by atoms with Crippen LogP contribution in [0.2, 0.25) is 0 Å². The number of nitrogens with zero attached hydrogens (tertiary/aromatic N) is 3. The van der Waals surface area contributed by atoms with Crippen molar-refractivity contribution in [3.63, 3.8) is 0 Å². The molecule has 4 rings (SSSR count). The van der Waals surface area contributed by atoms with Crippen LogP contribution in [0.3, 0.4) is 0 Å². The molecule has 2 fully saturated rings. The van der Waals surface area contributed by atoms with Crippen molar-refractivity contribution in [3.05, 3.63) is 59.2 Å². The van der Waals surface area contributed by atoms with Crippen LogP contribution < -0.4 is 15.4 Å². The van der Waals surface area contributed by atoms with Gasteiger partial charge in [-0.25, -0.2) is 4.79 Å². The van der Waals surface area contributed by atoms with Crippen LogP contribution >= 0.6 is 0 Å². The van der Waals surface area contributed by atoms with Crippen LogP contribution in [-0.4, -0.2) is 85.3 Å². The number of carbonyl (C=O) groups excluding carboxylic acids is 4. The number of hydrogen-bond donors (Lipinski definition) is 2. The van der Waals surface area contributed by atoms with Gasteiger partial charge in [0.05, 0.1) is 12.8 Å². The zero-order chi connectivity index (χ0) is 26.0. The number of urea groups is 1. The molecule has 2 aromatic carbocycles. The Balaban J connectivity index is 1.47. The smallest absolute Gasteiger partial charge is 0.325 e. The lowest BCUT2D eigenvalue weighted by Gasteiger charge is -2.32. The van der Waals surface area contributed by atoms with Gasteiger partial charge in [-0.2, -0.15) is 0 Å². The van der Waals surface area contributed by atoms with Crippen LogP contribution in [0.15, 0.2) is 42.5 Å². The number of benzene rings is 2. The van der Waals surface area contributed by atoms with Gasteiger partial charge >= 0.3 is 6.03 Å². The molecule has 10 nitrogen and oxygen atoms in total. The summed E-state index contributed by atoms with van der Waals surface area (Å²) in [6.07, 6.45) is 0. The summed E-state index contributed by atoms with van der Waals surface area (Å²) in [4.78, 5) is 56.5. The van der Waals surface area contributed by atoms with Gasteiger partial charge in [-0.15, -0.1) is 0 Å². The first-order valence-corrected chi connectivity index (χ1v) is 11.8. The zero-order valence-electron chi connectivity index (χ0n) is 21.0. The monoisotopic (exact) mass is 493 g/mol. The van der Waals surface area contributed by atoms with Crippen LogP contribution in [0.25, 0.3) is 0 Å². The Kier molecular flexibility index (Phi) is 6.98. The molecule has 2 heterocycles. The van der Waals surface area contributed by atoms with Crippen molar-refractivity contribution >= 4 is 29.4 Å². The lowest BCUT2D eigenvalue weighted by Crippen LogP contribution is -2.47. The summed E-state index contributed by atoms with van der Waals surface area (Å²) in [5, 5.41) is 5.39. The Labute approximate surface area is 210 Å². The Bertz CT molecular complexity index is 1190. The predicted molar refractivity (Wildman–Crippen MR) is 134 cm³/mol. The number of piperazine rings is 1. The summed E-state index contributed by atoms with van der Waals surface area (Å²) in [7, 11) is 3.47. The number of ether oxygens (including phenoxy) is 1. The second-order valence-corrected chi connectivity index (χ2v) is 9.37. The molecule has 0 radical (unpaired) electrons. The quantitative estimate of drug-likeness (QED) is 0.594. The molecule has 0 spiro atoms. The second-order valence-electron chi connectivity index (χ2n) is 9.37. The molecule has 0 aliphatic carbocycles. The number of anilines is 1. The molecule has 2 aliphatic rings. The third kappa shape index (κ3) is 4.90. The highest BCUT2D eigenvalue weighted by atomic mass is 16.5. The van der Waals surface area contributed by atoms with Crippen molar-refractivity contribution in [2.45, 2.75) is 19.4 Å². The molecule has 2 aliphatic heterocycles. The van der Waals surface area contributed by atoms with Crippen LogP contribution in [0.1, 0.15) is 28.4 Å². The minimum atomic E-state index is -1.27. The fourth-order valence-corrected chi connectivity index (χ4v) is 4.39. The van der Waals surface area contributed by atoms with E-state index in [2.05, 4.69) is 15.5 Å². The van der Waals surface area contributed by atoms with E-state index in [-0.39, 0.29) is 11.6 Å². The Morgan fingerprint density at radius 2 is 1.72 bits per heavy atom. The van der Waals surface area contributed by atoms with E-state index in [1.54, 1.807) is 42.2 Å². The summed E-state index contributed by atoms with van der Waals surface area (Å²) in [5.74, 6) is -0.879. The maximum atomic E-state index is 13.2. The number of likely N-dealkylation sites (N-methyl/N-ethyl adjacent to an activating group) is 1. The van der Waals surface area contributed by atoms with Gasteiger partial charge < -0.3 is 25.2 Å². The molecule has 190 valence electrons. The number of rotatable bonds is 6. The summed E-state index contributed by atoms with van der Waals surface area (Å²) < 4.78 is 5.35. The van der Waals surface area contributed by atoms with Gasteiger partial charge in [0.15, 0.2) is 0 Å². The number of amides is 5. The normalized spacial score (nSPS) is 20.3. The average molecular weight is 494 g/mol. The largest absolute Gasteiger partial charge is 0.495 e. The van der Waals surface area contributed by atoms with E-state index in [0.29, 0.717) is 30.0 Å². The van der Waals surface area contributed by atoms with Gasteiger partial charge in [0, 0.05) is 31.7 Å². The van der Waals surface area contributed by atoms with Crippen molar-refractivity contribution in [1.29, 1.82) is 0 Å². The molecule has 10 heteroatoms. The maximum Gasteiger partial charge on any atom is 0.325 e. The molecule has 2 aromatic rings. The van der Waals surface area contributed by atoms with E-state index >= 15 is 0 Å². The molecule has 5 amide bonds. The van der Waals surface area contributed by atoms with Crippen LogP contribution in [-0.2, 0) is 15.1 Å². The third-order valence-corrected chi connectivity index (χ3v) is 6.72. The van der Waals surface area contributed by atoms with Gasteiger partial charge in [0.1, 0.15) is 17.8 Å². The lowest BCUT2D eigenvalue weighted by atomic mass is 9.91. The van der Waals surface area contributed by atoms with Crippen molar-refractivity contribution < 1.29 is 23.9 Å². The minimum Gasteiger partial charge on any atom is -0.495 e. The summed E-state index contributed by atoms with van der Waals surface area (Å²) in [5.41, 5.74) is 1.09. The molecule has 36 heavy (non-hydrogen) atoms. The molecule has 1 atom stereocenters. The van der Waals surface area contributed by atoms with Crippen molar-refractivity contribution in [2.75, 3.05) is 52.2 Å². The van der Waals surface area contributed by atoms with Crippen LogP contribution in [0.5, 0.6) is 5.75 Å². The highest BCUT2D eigenvalue weighted by Gasteiger charge is 2.49. The first-order chi connectivity index (χ1) is 17.1. The topological polar surface area (TPSA) is 111 Å². The highest BCUT2D eigenvalue weighted by Crippen LogP contribution is 2.30. The van der Waals surface area contributed by atoms with Crippen LogP contribution in [0, 0.1) is 6.92 Å². The van der Waals surface area contributed by atoms with Gasteiger partial charge in [0.25, 0.3) is 11.8 Å². The standard InChI is InChI=1S/C26H31N5O5/c1-17-5-8-19(9-6-17)26(2)24(34)31(25(35)28-26)16-22(32)27-20-15-18(7-10-21(20)36-4)23(33)30-13-11-29(3)12-14-30/h5-10,15H,11-14,16H2,1-4H3,(H,27,32)(H,28,35). The number of imide groups is 1. The fourth-order valence-electron chi connectivity index (χ4n) is 4.39. The van der Waals surface area contributed by atoms with Crippen molar-refractivity contribution in [2.24, 2.45) is 0 Å². The minimum absolute atomic E-state index is 0.135. The number of carbonyl (C=O) groups is 4. The molecule has 0 bridgehead atoms. The third-order valence-electron chi connectivity index (χ3n) is 6.72. The van der Waals surface area contributed by atoms with Gasteiger partial charge in [-0.1, -0.05) is 29.8 Å². The summed E-state index contributed by atoms with van der Waals surface area (Å²) >= 11 is 0. The SMILES string of the molecule is COc1ccc(C(=O)N2CCN(C)CC2)cc1NC(=O)CN1C(=O)NC(C)(c2ccc(C)cc2)C1=O. The molecule has 0 saturated carbocycles. The molecule has 2 saturated heterocycles. The Morgan fingerprint density at radius 1 is 1.06 bits per heavy atom. The van der Waals surface area contributed by atoms with E-state index in [1.807, 2.05) is 26.1 Å². The molecular formula is C26H31N5O5. The number of methoxy groups -OCH3 is 1. The van der Waals surface area contributed by atoms with Crippen molar-refractivity contribution in [3.8, 4) is 5.75 Å². The van der Waals surface area contributed by atoms with E-state index in [9.17, 15) is 19.2 Å². The fraction of sp³-hybridized carbons (Fsp3) is 0.385. The maximum absolute atomic E-state index is 13.2. The molecule has 2 N–H and O–H groups in total. The Morgan fingerprint density at radius 3 is 2.36 bits per heavy atom. The number of aryl methyl sites for hydroxylation is 1. The Hall–Kier alpha value is -3.92. The lowest BCUT2D eigenvalue weighted by molar-refractivity contribution is -0.133.